The van der Waals surface area contributed by atoms with Crippen molar-refractivity contribution < 1.29 is 0 Å². The van der Waals surface area contributed by atoms with E-state index in [-0.39, 0.29) is 0 Å². The standard InChI is InChI=1S/C18H30N2/c1-4-17(14-16-8-6-5-7-9-16)19-18-10-12-20(13-11-18)15(2)3/h5-9,15,17-19H,4,10-14H2,1-3H3. The second-order valence-electron chi connectivity index (χ2n) is 6.37. The predicted octanol–water partition coefficient (Wildman–Crippen LogP) is 3.47. The molecule has 1 aromatic rings. The van der Waals surface area contributed by atoms with E-state index in [1.807, 2.05) is 0 Å². The van der Waals surface area contributed by atoms with Crippen LogP contribution in [0.1, 0.15) is 45.6 Å². The zero-order chi connectivity index (χ0) is 14.4. The summed E-state index contributed by atoms with van der Waals surface area (Å²) in [5.41, 5.74) is 1.45. The van der Waals surface area contributed by atoms with E-state index in [2.05, 4.69) is 61.3 Å². The average Bonchev–Trinajstić information content (AvgIpc) is 2.48. The summed E-state index contributed by atoms with van der Waals surface area (Å²) in [5.74, 6) is 0. The van der Waals surface area contributed by atoms with Crippen LogP contribution in [0.25, 0.3) is 0 Å². The molecule has 0 saturated carbocycles. The molecule has 1 N–H and O–H groups in total. The lowest BCUT2D eigenvalue weighted by Crippen LogP contribution is -2.48. The summed E-state index contributed by atoms with van der Waals surface area (Å²) < 4.78 is 0. The number of rotatable bonds is 6. The number of nitrogens with zero attached hydrogens (tertiary/aromatic N) is 1. The molecule has 0 bridgehead atoms. The minimum Gasteiger partial charge on any atom is -0.311 e. The van der Waals surface area contributed by atoms with Gasteiger partial charge in [0.25, 0.3) is 0 Å². The van der Waals surface area contributed by atoms with Gasteiger partial charge in [0.15, 0.2) is 0 Å². The highest BCUT2D eigenvalue weighted by Crippen LogP contribution is 2.15. The molecule has 0 radical (unpaired) electrons. The van der Waals surface area contributed by atoms with E-state index in [0.29, 0.717) is 18.1 Å². The minimum absolute atomic E-state index is 0.619. The molecule has 1 unspecified atom stereocenters. The van der Waals surface area contributed by atoms with Crippen molar-refractivity contribution in [1.29, 1.82) is 0 Å². The number of hydrogen-bond donors (Lipinski definition) is 1. The molecule has 1 aromatic carbocycles. The highest BCUT2D eigenvalue weighted by Gasteiger charge is 2.22. The lowest BCUT2D eigenvalue weighted by atomic mass is 9.99. The van der Waals surface area contributed by atoms with Crippen LogP contribution in [0.4, 0.5) is 0 Å². The van der Waals surface area contributed by atoms with E-state index in [9.17, 15) is 0 Å². The van der Waals surface area contributed by atoms with Crippen molar-refractivity contribution in [3.63, 3.8) is 0 Å². The molecular weight excluding hydrogens is 244 g/mol. The van der Waals surface area contributed by atoms with Crippen LogP contribution in [-0.4, -0.2) is 36.1 Å². The first kappa shape index (κ1) is 15.5. The molecule has 2 rings (SSSR count). The van der Waals surface area contributed by atoms with Gasteiger partial charge in [-0.05, 0) is 58.2 Å². The van der Waals surface area contributed by atoms with Crippen LogP contribution in [0.3, 0.4) is 0 Å². The van der Waals surface area contributed by atoms with E-state index in [1.54, 1.807) is 0 Å². The summed E-state index contributed by atoms with van der Waals surface area (Å²) in [6.45, 7) is 9.40. The molecular formula is C18H30N2. The Balaban J connectivity index is 1.79. The molecule has 20 heavy (non-hydrogen) atoms. The largest absolute Gasteiger partial charge is 0.311 e. The van der Waals surface area contributed by atoms with Crippen LogP contribution in [0.2, 0.25) is 0 Å². The third-order valence-electron chi connectivity index (χ3n) is 4.55. The Hall–Kier alpha value is -0.860. The van der Waals surface area contributed by atoms with Crippen molar-refractivity contribution in [2.45, 2.75) is 64.6 Å². The lowest BCUT2D eigenvalue weighted by molar-refractivity contribution is 0.156. The van der Waals surface area contributed by atoms with Crippen molar-refractivity contribution in [3.8, 4) is 0 Å². The van der Waals surface area contributed by atoms with E-state index in [4.69, 9.17) is 0 Å². The van der Waals surface area contributed by atoms with Gasteiger partial charge in [0.1, 0.15) is 0 Å². The number of benzene rings is 1. The molecule has 1 fully saturated rings. The zero-order valence-corrected chi connectivity index (χ0v) is 13.3. The van der Waals surface area contributed by atoms with Gasteiger partial charge in [-0.1, -0.05) is 37.3 Å². The Kier molecular flexibility index (Phi) is 6.06. The van der Waals surface area contributed by atoms with Gasteiger partial charge in [-0.15, -0.1) is 0 Å². The number of likely N-dealkylation sites (tertiary alicyclic amines) is 1. The molecule has 1 saturated heterocycles. The molecule has 1 atom stereocenters. The van der Waals surface area contributed by atoms with Crippen molar-refractivity contribution in [1.82, 2.24) is 10.2 Å². The molecule has 0 amide bonds. The highest BCUT2D eigenvalue weighted by atomic mass is 15.2. The van der Waals surface area contributed by atoms with Gasteiger partial charge in [-0.2, -0.15) is 0 Å². The van der Waals surface area contributed by atoms with Gasteiger partial charge in [0.05, 0.1) is 0 Å². The first-order chi connectivity index (χ1) is 9.69. The number of piperidine rings is 1. The molecule has 2 nitrogen and oxygen atoms in total. The Labute approximate surface area is 124 Å². The molecule has 112 valence electrons. The first-order valence-electron chi connectivity index (χ1n) is 8.23. The second kappa shape index (κ2) is 7.80. The molecule has 1 aliphatic heterocycles. The summed E-state index contributed by atoms with van der Waals surface area (Å²) in [5, 5.41) is 3.89. The number of nitrogens with one attached hydrogen (secondary N) is 1. The summed E-state index contributed by atoms with van der Waals surface area (Å²) in [6.07, 6.45) is 4.95. The van der Waals surface area contributed by atoms with Crippen LogP contribution < -0.4 is 5.32 Å². The van der Waals surface area contributed by atoms with Gasteiger partial charge in [0.2, 0.25) is 0 Å². The SMILES string of the molecule is CCC(Cc1ccccc1)NC1CCN(C(C)C)CC1. The molecule has 1 aliphatic rings. The van der Waals surface area contributed by atoms with Crippen LogP contribution in [0.15, 0.2) is 30.3 Å². The van der Waals surface area contributed by atoms with Gasteiger partial charge >= 0.3 is 0 Å². The van der Waals surface area contributed by atoms with Crippen molar-refractivity contribution in [2.24, 2.45) is 0 Å². The summed E-state index contributed by atoms with van der Waals surface area (Å²) in [6, 6.07) is 12.9. The van der Waals surface area contributed by atoms with E-state index in [0.717, 1.165) is 6.42 Å². The fourth-order valence-corrected chi connectivity index (χ4v) is 3.14. The maximum atomic E-state index is 3.89. The quantitative estimate of drug-likeness (QED) is 0.854. The van der Waals surface area contributed by atoms with E-state index >= 15 is 0 Å². The smallest absolute Gasteiger partial charge is 0.0107 e. The highest BCUT2D eigenvalue weighted by molar-refractivity contribution is 5.15. The van der Waals surface area contributed by atoms with Crippen LogP contribution in [0, 0.1) is 0 Å². The topological polar surface area (TPSA) is 15.3 Å². The molecule has 0 spiro atoms. The zero-order valence-electron chi connectivity index (χ0n) is 13.3. The third-order valence-corrected chi connectivity index (χ3v) is 4.55. The lowest BCUT2D eigenvalue weighted by Gasteiger charge is -2.36. The molecule has 2 heteroatoms. The fourth-order valence-electron chi connectivity index (χ4n) is 3.14. The maximum Gasteiger partial charge on any atom is 0.0107 e. The Bertz CT molecular complexity index is 366. The van der Waals surface area contributed by atoms with Gasteiger partial charge in [-0.3, -0.25) is 0 Å². The molecule has 0 aromatic heterocycles. The molecule has 1 heterocycles. The summed E-state index contributed by atoms with van der Waals surface area (Å²) in [4.78, 5) is 2.59. The normalized spacial score (nSPS) is 19.4. The monoisotopic (exact) mass is 274 g/mol. The minimum atomic E-state index is 0.619. The second-order valence-corrected chi connectivity index (χ2v) is 6.37. The number of hydrogen-bond acceptors (Lipinski definition) is 2. The van der Waals surface area contributed by atoms with Crippen molar-refractivity contribution in [2.75, 3.05) is 13.1 Å². The third kappa shape index (κ3) is 4.60. The van der Waals surface area contributed by atoms with Crippen molar-refractivity contribution in [3.05, 3.63) is 35.9 Å². The average molecular weight is 274 g/mol. The Morgan fingerprint density at radius 2 is 1.80 bits per heavy atom. The molecule has 0 aliphatic carbocycles. The summed E-state index contributed by atoms with van der Waals surface area (Å²) >= 11 is 0. The van der Waals surface area contributed by atoms with E-state index < -0.39 is 0 Å². The maximum absolute atomic E-state index is 3.89. The Morgan fingerprint density at radius 1 is 1.15 bits per heavy atom. The predicted molar refractivity (Wildman–Crippen MR) is 87.1 cm³/mol. The first-order valence-corrected chi connectivity index (χ1v) is 8.23. The Morgan fingerprint density at radius 3 is 2.35 bits per heavy atom. The van der Waals surface area contributed by atoms with E-state index in [1.165, 1.54) is 37.9 Å². The van der Waals surface area contributed by atoms with Crippen molar-refractivity contribution >= 4 is 0 Å². The van der Waals surface area contributed by atoms with Gasteiger partial charge in [-0.25, -0.2) is 0 Å². The van der Waals surface area contributed by atoms with Crippen LogP contribution in [-0.2, 0) is 6.42 Å². The fraction of sp³-hybridized carbons (Fsp3) is 0.667. The van der Waals surface area contributed by atoms with Gasteiger partial charge in [0, 0.05) is 18.1 Å². The van der Waals surface area contributed by atoms with Gasteiger partial charge < -0.3 is 10.2 Å². The van der Waals surface area contributed by atoms with Crippen LogP contribution in [0.5, 0.6) is 0 Å². The van der Waals surface area contributed by atoms with Crippen LogP contribution >= 0.6 is 0 Å². The summed E-state index contributed by atoms with van der Waals surface area (Å²) in [7, 11) is 0.